The van der Waals surface area contributed by atoms with Gasteiger partial charge in [0.05, 0.1) is 4.90 Å². The van der Waals surface area contributed by atoms with Crippen LogP contribution in [0.1, 0.15) is 12.8 Å². The Labute approximate surface area is 125 Å². The molecule has 5 nitrogen and oxygen atoms in total. The molecule has 1 atom stereocenters. The Bertz CT molecular complexity index is 740. The molecule has 1 aliphatic heterocycles. The second-order valence-electron chi connectivity index (χ2n) is 5.34. The van der Waals surface area contributed by atoms with E-state index in [2.05, 4.69) is 10.3 Å². The Morgan fingerprint density at radius 3 is 3.00 bits per heavy atom. The first kappa shape index (κ1) is 14.4. The van der Waals surface area contributed by atoms with E-state index in [0.29, 0.717) is 18.0 Å². The summed E-state index contributed by atoms with van der Waals surface area (Å²) in [5.41, 5.74) is 0. The van der Waals surface area contributed by atoms with Gasteiger partial charge >= 0.3 is 0 Å². The van der Waals surface area contributed by atoms with Gasteiger partial charge in [0.1, 0.15) is 0 Å². The van der Waals surface area contributed by atoms with Gasteiger partial charge in [0.2, 0.25) is 10.0 Å². The van der Waals surface area contributed by atoms with Crippen molar-refractivity contribution in [2.45, 2.75) is 23.8 Å². The molecule has 0 saturated carbocycles. The van der Waals surface area contributed by atoms with Gasteiger partial charge in [-0.2, -0.15) is 4.31 Å². The minimum atomic E-state index is -3.47. The summed E-state index contributed by atoms with van der Waals surface area (Å²) in [4.78, 5) is 4.43. The van der Waals surface area contributed by atoms with Crippen molar-refractivity contribution in [1.82, 2.24) is 14.6 Å². The lowest BCUT2D eigenvalue weighted by molar-refractivity contribution is 0.293. The molecule has 1 fully saturated rings. The molecule has 0 spiro atoms. The van der Waals surface area contributed by atoms with Gasteiger partial charge < -0.3 is 5.32 Å². The van der Waals surface area contributed by atoms with Crippen LogP contribution in [0.25, 0.3) is 10.8 Å². The van der Waals surface area contributed by atoms with Crippen LogP contribution in [0.5, 0.6) is 0 Å². The molecule has 6 heteroatoms. The largest absolute Gasteiger partial charge is 0.316 e. The van der Waals surface area contributed by atoms with Crippen LogP contribution in [-0.2, 0) is 10.0 Å². The van der Waals surface area contributed by atoms with Crippen LogP contribution in [0.2, 0.25) is 0 Å². The van der Waals surface area contributed by atoms with Crippen LogP contribution >= 0.6 is 0 Å². The number of benzene rings is 1. The predicted molar refractivity (Wildman–Crippen MR) is 82.6 cm³/mol. The summed E-state index contributed by atoms with van der Waals surface area (Å²) in [6.45, 7) is 1.11. The summed E-state index contributed by atoms with van der Waals surface area (Å²) in [5.74, 6) is 0. The zero-order chi connectivity index (χ0) is 14.9. The van der Waals surface area contributed by atoms with E-state index in [4.69, 9.17) is 0 Å². The number of hydrogen-bond donors (Lipinski definition) is 1. The molecule has 0 amide bonds. The molecule has 0 unspecified atom stereocenters. The van der Waals surface area contributed by atoms with Crippen molar-refractivity contribution < 1.29 is 8.42 Å². The highest BCUT2D eigenvalue weighted by Crippen LogP contribution is 2.27. The second-order valence-corrected chi connectivity index (χ2v) is 7.25. The molecule has 0 aliphatic carbocycles. The van der Waals surface area contributed by atoms with Crippen molar-refractivity contribution in [1.29, 1.82) is 0 Å². The molecule has 0 radical (unpaired) electrons. The van der Waals surface area contributed by atoms with Crippen molar-refractivity contribution in [3.05, 3.63) is 36.7 Å². The fourth-order valence-corrected chi connectivity index (χ4v) is 4.59. The van der Waals surface area contributed by atoms with Gasteiger partial charge in [0, 0.05) is 42.3 Å². The Balaban J connectivity index is 2.04. The van der Waals surface area contributed by atoms with Crippen molar-refractivity contribution >= 4 is 20.8 Å². The first-order valence-electron chi connectivity index (χ1n) is 7.13. The van der Waals surface area contributed by atoms with Crippen LogP contribution in [0.3, 0.4) is 0 Å². The SMILES string of the molecule is CN[C@H]1CCCN(S(=O)(=O)c2cccc3cnccc23)C1. The van der Waals surface area contributed by atoms with E-state index >= 15 is 0 Å². The summed E-state index contributed by atoms with van der Waals surface area (Å²) >= 11 is 0. The molecule has 21 heavy (non-hydrogen) atoms. The third kappa shape index (κ3) is 2.66. The Kier molecular flexibility index (Phi) is 3.93. The van der Waals surface area contributed by atoms with E-state index in [-0.39, 0.29) is 6.04 Å². The highest BCUT2D eigenvalue weighted by molar-refractivity contribution is 7.89. The number of piperidine rings is 1. The predicted octanol–water partition coefficient (Wildman–Crippen LogP) is 1.61. The standard InChI is InChI=1S/C15H19N3O2S/c1-16-13-5-3-9-18(11-13)21(19,20)15-6-2-4-12-10-17-8-7-14(12)15/h2,4,6-8,10,13,16H,3,5,9,11H2,1H3/t13-/m0/s1. The van der Waals surface area contributed by atoms with E-state index in [1.807, 2.05) is 13.1 Å². The molecule has 2 heterocycles. The number of sulfonamides is 1. The van der Waals surface area contributed by atoms with Gasteiger partial charge in [0.25, 0.3) is 0 Å². The lowest BCUT2D eigenvalue weighted by Crippen LogP contribution is -2.46. The van der Waals surface area contributed by atoms with Crippen molar-refractivity contribution in [2.75, 3.05) is 20.1 Å². The number of rotatable bonds is 3. The summed E-state index contributed by atoms with van der Waals surface area (Å²) in [6.07, 6.45) is 5.23. The summed E-state index contributed by atoms with van der Waals surface area (Å²) in [6, 6.07) is 7.33. The number of likely N-dealkylation sites (N-methyl/N-ethyl adjacent to an activating group) is 1. The van der Waals surface area contributed by atoms with Crippen molar-refractivity contribution in [3.63, 3.8) is 0 Å². The van der Waals surface area contributed by atoms with Crippen molar-refractivity contribution in [2.24, 2.45) is 0 Å². The third-order valence-electron chi connectivity index (χ3n) is 4.05. The zero-order valence-electron chi connectivity index (χ0n) is 12.0. The molecule has 3 rings (SSSR count). The number of nitrogens with one attached hydrogen (secondary N) is 1. The molecule has 0 bridgehead atoms. The maximum atomic E-state index is 12.9. The van der Waals surface area contributed by atoms with Gasteiger partial charge in [-0.1, -0.05) is 12.1 Å². The molecule has 1 aromatic carbocycles. The van der Waals surface area contributed by atoms with Crippen molar-refractivity contribution in [3.8, 4) is 0 Å². The average Bonchev–Trinajstić information content (AvgIpc) is 2.54. The maximum Gasteiger partial charge on any atom is 0.243 e. The van der Waals surface area contributed by atoms with Gasteiger partial charge in [-0.15, -0.1) is 0 Å². The Hall–Kier alpha value is -1.50. The van der Waals surface area contributed by atoms with Crippen LogP contribution < -0.4 is 5.32 Å². The summed E-state index contributed by atoms with van der Waals surface area (Å²) in [5, 5.41) is 4.76. The quantitative estimate of drug-likeness (QED) is 0.936. The minimum absolute atomic E-state index is 0.227. The first-order valence-corrected chi connectivity index (χ1v) is 8.57. The molecular weight excluding hydrogens is 286 g/mol. The van der Waals surface area contributed by atoms with E-state index in [9.17, 15) is 8.42 Å². The monoisotopic (exact) mass is 305 g/mol. The maximum absolute atomic E-state index is 12.9. The van der Waals surface area contributed by atoms with Gasteiger partial charge in [-0.05, 0) is 32.0 Å². The highest BCUT2D eigenvalue weighted by atomic mass is 32.2. The van der Waals surface area contributed by atoms with Crippen LogP contribution in [-0.4, -0.2) is 43.9 Å². The first-order chi connectivity index (χ1) is 10.1. The molecule has 1 aromatic heterocycles. The minimum Gasteiger partial charge on any atom is -0.316 e. The lowest BCUT2D eigenvalue weighted by Gasteiger charge is -2.31. The Morgan fingerprint density at radius 1 is 1.33 bits per heavy atom. The van der Waals surface area contributed by atoms with Crippen LogP contribution in [0.4, 0.5) is 0 Å². The molecule has 1 N–H and O–H groups in total. The average molecular weight is 305 g/mol. The zero-order valence-corrected chi connectivity index (χ0v) is 12.8. The fraction of sp³-hybridized carbons (Fsp3) is 0.400. The topological polar surface area (TPSA) is 62.3 Å². The Morgan fingerprint density at radius 2 is 2.19 bits per heavy atom. The molecule has 1 aliphatic rings. The van der Waals surface area contributed by atoms with Gasteiger partial charge in [-0.3, -0.25) is 4.98 Å². The van der Waals surface area contributed by atoms with Crippen LogP contribution in [0.15, 0.2) is 41.6 Å². The lowest BCUT2D eigenvalue weighted by atomic mass is 10.1. The fourth-order valence-electron chi connectivity index (χ4n) is 2.85. The van der Waals surface area contributed by atoms with E-state index in [1.165, 1.54) is 0 Å². The van der Waals surface area contributed by atoms with E-state index < -0.39 is 10.0 Å². The van der Waals surface area contributed by atoms with Gasteiger partial charge in [0.15, 0.2) is 0 Å². The second kappa shape index (κ2) is 5.71. The summed E-state index contributed by atoms with van der Waals surface area (Å²) < 4.78 is 27.5. The number of aromatic nitrogens is 1. The molecule has 112 valence electrons. The molecule has 2 aromatic rings. The van der Waals surface area contributed by atoms with E-state index in [0.717, 1.165) is 23.6 Å². The number of fused-ring (bicyclic) bond motifs is 1. The third-order valence-corrected chi connectivity index (χ3v) is 5.97. The number of pyridine rings is 1. The number of nitrogens with zero attached hydrogens (tertiary/aromatic N) is 2. The molecular formula is C15H19N3O2S. The smallest absolute Gasteiger partial charge is 0.243 e. The van der Waals surface area contributed by atoms with E-state index in [1.54, 1.807) is 34.9 Å². The van der Waals surface area contributed by atoms with Crippen LogP contribution in [0, 0.1) is 0 Å². The number of hydrogen-bond acceptors (Lipinski definition) is 4. The van der Waals surface area contributed by atoms with Gasteiger partial charge in [-0.25, -0.2) is 8.42 Å². The highest BCUT2D eigenvalue weighted by Gasteiger charge is 2.30. The normalized spacial score (nSPS) is 20.7. The molecule has 1 saturated heterocycles. The summed E-state index contributed by atoms with van der Waals surface area (Å²) in [7, 11) is -1.59.